The van der Waals surface area contributed by atoms with Crippen LogP contribution in [-0.4, -0.2) is 39.6 Å². The molecule has 1 aliphatic heterocycles. The summed E-state index contributed by atoms with van der Waals surface area (Å²) in [7, 11) is -3.98. The van der Waals surface area contributed by atoms with E-state index in [1.54, 1.807) is 24.3 Å². The van der Waals surface area contributed by atoms with Crippen molar-refractivity contribution in [3.8, 4) is 5.75 Å². The van der Waals surface area contributed by atoms with E-state index in [9.17, 15) is 8.42 Å². The zero-order valence-electron chi connectivity index (χ0n) is 19.9. The molecule has 1 saturated heterocycles. The maximum atomic E-state index is 13.8. The van der Waals surface area contributed by atoms with Gasteiger partial charge in [-0.3, -0.25) is 4.31 Å². The van der Waals surface area contributed by atoms with E-state index in [1.165, 1.54) is 41.8 Å². The van der Waals surface area contributed by atoms with Gasteiger partial charge in [0.2, 0.25) is 0 Å². The van der Waals surface area contributed by atoms with Crippen LogP contribution < -0.4 is 9.04 Å². The van der Waals surface area contributed by atoms with Crippen LogP contribution in [0.2, 0.25) is 15.1 Å². The second-order valence-electron chi connectivity index (χ2n) is 8.77. The first-order valence-electron chi connectivity index (χ1n) is 12.0. The van der Waals surface area contributed by atoms with Gasteiger partial charge in [0.15, 0.2) is 0 Å². The summed E-state index contributed by atoms with van der Waals surface area (Å²) in [5.41, 5.74) is 1.06. The molecule has 0 N–H and O–H groups in total. The summed E-state index contributed by atoms with van der Waals surface area (Å²) in [6.07, 6.45) is 4.74. The SMILES string of the molecule is O=S(=O)(c1ccc(Cl)cc1)N(Cc1ccccc1OCCCN1CCCCC1)c1ccc(Cl)cc1Cl. The van der Waals surface area contributed by atoms with Crippen LogP contribution in [0.3, 0.4) is 0 Å². The smallest absolute Gasteiger partial charge is 0.264 e. The molecule has 3 aromatic rings. The van der Waals surface area contributed by atoms with Gasteiger partial charge in [0.1, 0.15) is 5.75 Å². The third-order valence-electron chi connectivity index (χ3n) is 6.19. The Kier molecular flexibility index (Phi) is 9.42. The molecule has 3 aromatic carbocycles. The molecule has 0 unspecified atom stereocenters. The molecular formula is C27H29Cl3N2O3S. The number of para-hydroxylation sites is 1. The molecule has 0 aromatic heterocycles. The highest BCUT2D eigenvalue weighted by atomic mass is 35.5. The van der Waals surface area contributed by atoms with Gasteiger partial charge >= 0.3 is 0 Å². The molecule has 1 fully saturated rings. The molecule has 9 heteroatoms. The summed E-state index contributed by atoms with van der Waals surface area (Å²) in [5.74, 6) is 0.650. The number of sulfonamides is 1. The molecule has 0 saturated carbocycles. The largest absolute Gasteiger partial charge is 0.493 e. The van der Waals surface area contributed by atoms with Crippen LogP contribution in [0.1, 0.15) is 31.2 Å². The standard InChI is InChI=1S/C27H29Cl3N2O3S/c28-22-9-12-24(13-10-22)36(33,34)32(26-14-11-23(29)19-25(26)30)20-21-7-2-3-8-27(21)35-18-6-17-31-15-4-1-5-16-31/h2-3,7-14,19H,1,4-6,15-18,20H2. The maximum Gasteiger partial charge on any atom is 0.264 e. The zero-order valence-corrected chi connectivity index (χ0v) is 23.0. The minimum atomic E-state index is -3.98. The van der Waals surface area contributed by atoms with Crippen molar-refractivity contribution in [1.82, 2.24) is 4.90 Å². The van der Waals surface area contributed by atoms with Gasteiger partial charge in [0, 0.05) is 22.2 Å². The lowest BCUT2D eigenvalue weighted by atomic mass is 10.1. The molecule has 0 atom stereocenters. The average Bonchev–Trinajstić information content (AvgIpc) is 2.87. The predicted octanol–water partition coefficient (Wildman–Crippen LogP) is 7.30. The number of benzene rings is 3. The van der Waals surface area contributed by atoms with Crippen molar-refractivity contribution in [1.29, 1.82) is 0 Å². The van der Waals surface area contributed by atoms with Crippen LogP contribution >= 0.6 is 34.8 Å². The highest BCUT2D eigenvalue weighted by molar-refractivity contribution is 7.92. The normalized spacial score (nSPS) is 14.5. The first-order valence-corrected chi connectivity index (χ1v) is 14.6. The molecule has 0 bridgehead atoms. The summed E-state index contributed by atoms with van der Waals surface area (Å²) in [5, 5.41) is 1.11. The van der Waals surface area contributed by atoms with Gasteiger partial charge in [-0.1, -0.05) is 59.4 Å². The molecule has 192 valence electrons. The van der Waals surface area contributed by atoms with Crippen molar-refractivity contribution < 1.29 is 13.2 Å². The van der Waals surface area contributed by atoms with Crippen LogP contribution in [0.15, 0.2) is 71.6 Å². The van der Waals surface area contributed by atoms with E-state index < -0.39 is 10.0 Å². The van der Waals surface area contributed by atoms with Gasteiger partial charge in [-0.2, -0.15) is 0 Å². The average molecular weight is 568 g/mol. The van der Waals surface area contributed by atoms with Crippen molar-refractivity contribution in [3.63, 3.8) is 0 Å². The highest BCUT2D eigenvalue weighted by Crippen LogP contribution is 2.35. The quantitative estimate of drug-likeness (QED) is 0.241. The third-order valence-corrected chi connectivity index (χ3v) is 8.76. The molecule has 5 nitrogen and oxygen atoms in total. The number of hydrogen-bond donors (Lipinski definition) is 0. The fraction of sp³-hybridized carbons (Fsp3) is 0.333. The Morgan fingerprint density at radius 2 is 1.56 bits per heavy atom. The Bertz CT molecular complexity index is 1260. The lowest BCUT2D eigenvalue weighted by Gasteiger charge is -2.27. The van der Waals surface area contributed by atoms with Crippen LogP contribution in [0.4, 0.5) is 5.69 Å². The molecule has 4 rings (SSSR count). The maximum absolute atomic E-state index is 13.8. The van der Waals surface area contributed by atoms with E-state index >= 15 is 0 Å². The first-order chi connectivity index (χ1) is 17.3. The van der Waals surface area contributed by atoms with Gasteiger partial charge in [-0.05, 0) is 80.9 Å². The van der Waals surface area contributed by atoms with Crippen LogP contribution in [-0.2, 0) is 16.6 Å². The number of ether oxygens (including phenoxy) is 1. The van der Waals surface area contributed by atoms with E-state index in [1.807, 2.05) is 24.3 Å². The molecule has 1 heterocycles. The van der Waals surface area contributed by atoms with Crippen molar-refractivity contribution in [2.75, 3.05) is 30.5 Å². The fourth-order valence-electron chi connectivity index (χ4n) is 4.30. The fourth-order valence-corrected chi connectivity index (χ4v) is 6.45. The van der Waals surface area contributed by atoms with Gasteiger partial charge in [0.05, 0.1) is 28.8 Å². The van der Waals surface area contributed by atoms with Gasteiger partial charge in [-0.25, -0.2) is 8.42 Å². The lowest BCUT2D eigenvalue weighted by Crippen LogP contribution is -2.31. The number of rotatable bonds is 10. The van der Waals surface area contributed by atoms with E-state index in [0.717, 1.165) is 31.6 Å². The minimum Gasteiger partial charge on any atom is -0.493 e. The highest BCUT2D eigenvalue weighted by Gasteiger charge is 2.28. The number of anilines is 1. The Hall–Kier alpha value is -1.96. The third kappa shape index (κ3) is 6.87. The minimum absolute atomic E-state index is 0.0363. The second kappa shape index (κ2) is 12.5. The monoisotopic (exact) mass is 566 g/mol. The summed E-state index contributed by atoms with van der Waals surface area (Å²) in [6.45, 7) is 3.89. The van der Waals surface area contributed by atoms with Crippen LogP contribution in [0.25, 0.3) is 0 Å². The van der Waals surface area contributed by atoms with Gasteiger partial charge in [-0.15, -0.1) is 0 Å². The zero-order chi connectivity index (χ0) is 25.5. The summed E-state index contributed by atoms with van der Waals surface area (Å²) in [6, 6.07) is 18.3. The van der Waals surface area contributed by atoms with Gasteiger partial charge in [0.25, 0.3) is 10.0 Å². The van der Waals surface area contributed by atoms with Crippen molar-refractivity contribution in [2.24, 2.45) is 0 Å². The number of hydrogen-bond acceptors (Lipinski definition) is 4. The summed E-state index contributed by atoms with van der Waals surface area (Å²) < 4.78 is 35.0. The van der Waals surface area contributed by atoms with E-state index in [4.69, 9.17) is 39.5 Å². The molecule has 36 heavy (non-hydrogen) atoms. The molecular weight excluding hydrogens is 539 g/mol. The lowest BCUT2D eigenvalue weighted by molar-refractivity contribution is 0.204. The van der Waals surface area contributed by atoms with Crippen molar-refractivity contribution in [2.45, 2.75) is 37.1 Å². The Labute approximate surface area is 228 Å². The number of piperidine rings is 1. The van der Waals surface area contributed by atoms with Crippen LogP contribution in [0.5, 0.6) is 5.75 Å². The summed E-state index contributed by atoms with van der Waals surface area (Å²) >= 11 is 18.6. The molecule has 0 radical (unpaired) electrons. The topological polar surface area (TPSA) is 49.9 Å². The molecule has 1 aliphatic rings. The van der Waals surface area contributed by atoms with E-state index in [0.29, 0.717) is 28.1 Å². The Morgan fingerprint density at radius 1 is 0.861 bits per heavy atom. The van der Waals surface area contributed by atoms with Crippen molar-refractivity contribution in [3.05, 3.63) is 87.4 Å². The van der Waals surface area contributed by atoms with E-state index in [2.05, 4.69) is 4.90 Å². The Morgan fingerprint density at radius 3 is 2.28 bits per heavy atom. The summed E-state index contributed by atoms with van der Waals surface area (Å²) in [4.78, 5) is 2.58. The predicted molar refractivity (Wildman–Crippen MR) is 148 cm³/mol. The van der Waals surface area contributed by atoms with Gasteiger partial charge < -0.3 is 9.64 Å². The second-order valence-corrected chi connectivity index (χ2v) is 11.9. The molecule has 0 aliphatic carbocycles. The Balaban J connectivity index is 1.58. The number of halogens is 3. The van der Waals surface area contributed by atoms with E-state index in [-0.39, 0.29) is 16.5 Å². The first kappa shape index (κ1) is 27.1. The molecule has 0 amide bonds. The van der Waals surface area contributed by atoms with Crippen molar-refractivity contribution >= 4 is 50.5 Å². The number of likely N-dealkylation sites (tertiary alicyclic amines) is 1. The van der Waals surface area contributed by atoms with Crippen LogP contribution in [0, 0.1) is 0 Å². The number of nitrogens with zero attached hydrogens (tertiary/aromatic N) is 2. The molecule has 0 spiro atoms.